The van der Waals surface area contributed by atoms with Crippen molar-refractivity contribution in [2.75, 3.05) is 4.90 Å². The van der Waals surface area contributed by atoms with Crippen LogP contribution in [0.25, 0.3) is 0 Å². The normalized spacial score (nSPS) is 15.1. The molecule has 6 nitrogen and oxygen atoms in total. The van der Waals surface area contributed by atoms with Gasteiger partial charge in [0.15, 0.2) is 0 Å². The van der Waals surface area contributed by atoms with Gasteiger partial charge in [-0.1, -0.05) is 89.9 Å². The first-order valence-electron chi connectivity index (χ1n) is 11.3. The van der Waals surface area contributed by atoms with Crippen molar-refractivity contribution in [1.82, 2.24) is 4.90 Å². The lowest BCUT2D eigenvalue weighted by molar-refractivity contribution is -0.384. The molecular weight excluding hydrogens is 497 g/mol. The molecule has 0 spiro atoms. The number of non-ortho nitro benzene ring substituents is 1. The Balaban J connectivity index is 1.74. The Kier molecular flexibility index (Phi) is 6.63. The molecule has 0 aromatic heterocycles. The highest BCUT2D eigenvalue weighted by Crippen LogP contribution is 2.45. The summed E-state index contributed by atoms with van der Waals surface area (Å²) in [6.07, 6.45) is -0.645. The van der Waals surface area contributed by atoms with Gasteiger partial charge >= 0.3 is 0 Å². The number of nitro benzene ring substituents is 1. The van der Waals surface area contributed by atoms with Gasteiger partial charge in [0.05, 0.1) is 16.2 Å². The van der Waals surface area contributed by atoms with E-state index in [1.54, 1.807) is 29.2 Å². The maximum Gasteiger partial charge on any atom is 0.270 e. The fraction of sp³-hybridized carbons (Fsp3) is 0.107. The fourth-order valence-electron chi connectivity index (χ4n) is 4.58. The largest absolute Gasteiger partial charge is 0.342 e. The molecule has 4 aromatic rings. The molecule has 0 bridgehead atoms. The van der Waals surface area contributed by atoms with E-state index < -0.39 is 11.1 Å². The molecule has 0 aliphatic carbocycles. The quantitative estimate of drug-likeness (QED) is 0.199. The number of rotatable bonds is 6. The van der Waals surface area contributed by atoms with E-state index in [0.717, 1.165) is 11.1 Å². The summed E-state index contributed by atoms with van der Waals surface area (Å²) in [5.74, 6) is -0.331. The highest BCUT2D eigenvalue weighted by atomic mass is 35.5. The molecule has 1 heterocycles. The Bertz CT molecular complexity index is 1410. The number of benzene rings is 4. The van der Waals surface area contributed by atoms with Gasteiger partial charge in [-0.25, -0.2) is 0 Å². The highest BCUT2D eigenvalue weighted by molar-refractivity contribution is 6.36. The Hall–Kier alpha value is -3.87. The minimum absolute atomic E-state index is 0.143. The van der Waals surface area contributed by atoms with E-state index in [0.29, 0.717) is 27.8 Å². The van der Waals surface area contributed by atoms with E-state index in [2.05, 4.69) is 0 Å². The maximum atomic E-state index is 14.0. The maximum absolute atomic E-state index is 14.0. The highest BCUT2D eigenvalue weighted by Gasteiger charge is 2.41. The molecule has 180 valence electrons. The first-order valence-corrected chi connectivity index (χ1v) is 12.1. The third-order valence-corrected chi connectivity index (χ3v) is 6.89. The Morgan fingerprint density at radius 2 is 1.31 bits per heavy atom. The number of hydrogen-bond donors (Lipinski definition) is 0. The molecule has 0 saturated heterocycles. The second kappa shape index (κ2) is 10.0. The number of nitro groups is 1. The van der Waals surface area contributed by atoms with Gasteiger partial charge in [-0.2, -0.15) is 0 Å². The van der Waals surface area contributed by atoms with Crippen LogP contribution >= 0.6 is 23.2 Å². The van der Waals surface area contributed by atoms with Gasteiger partial charge in [-0.05, 0) is 29.3 Å². The third kappa shape index (κ3) is 4.53. The summed E-state index contributed by atoms with van der Waals surface area (Å²) in [6, 6.07) is 29.1. The van der Waals surface area contributed by atoms with Crippen molar-refractivity contribution in [3.63, 3.8) is 0 Å². The summed E-state index contributed by atoms with van der Waals surface area (Å²) in [7, 11) is 0. The Morgan fingerprint density at radius 1 is 0.750 bits per heavy atom. The molecule has 0 saturated carbocycles. The summed E-state index contributed by atoms with van der Waals surface area (Å²) in [6.45, 7) is 0.690. The van der Waals surface area contributed by atoms with Crippen LogP contribution in [0.4, 0.5) is 11.4 Å². The van der Waals surface area contributed by atoms with Crippen molar-refractivity contribution >= 4 is 40.5 Å². The average Bonchev–Trinajstić information content (AvgIpc) is 2.89. The lowest BCUT2D eigenvalue weighted by Crippen LogP contribution is -2.49. The molecule has 1 aliphatic rings. The van der Waals surface area contributed by atoms with Crippen molar-refractivity contribution in [2.45, 2.75) is 19.3 Å². The summed E-state index contributed by atoms with van der Waals surface area (Å²) in [4.78, 5) is 28.8. The summed E-state index contributed by atoms with van der Waals surface area (Å²) >= 11 is 13.4. The predicted molar refractivity (Wildman–Crippen MR) is 141 cm³/mol. The zero-order chi connectivity index (χ0) is 25.2. The Morgan fingerprint density at radius 3 is 1.86 bits per heavy atom. The van der Waals surface area contributed by atoms with Crippen LogP contribution in [0, 0.1) is 10.1 Å². The number of carbonyl (C=O) groups is 1. The lowest BCUT2D eigenvalue weighted by Gasteiger charge is -2.46. The van der Waals surface area contributed by atoms with E-state index in [1.165, 1.54) is 12.1 Å². The first kappa shape index (κ1) is 23.9. The minimum Gasteiger partial charge on any atom is -0.342 e. The van der Waals surface area contributed by atoms with Crippen molar-refractivity contribution in [1.29, 1.82) is 0 Å². The monoisotopic (exact) mass is 517 g/mol. The molecule has 36 heavy (non-hydrogen) atoms. The van der Waals surface area contributed by atoms with Crippen molar-refractivity contribution < 1.29 is 9.72 Å². The molecule has 0 fully saturated rings. The second-order valence-corrected chi connectivity index (χ2v) is 9.31. The molecule has 0 N–H and O–H groups in total. The molecular formula is C28H21Cl2N3O3. The number of nitrogens with zero attached hydrogens (tertiary/aromatic N) is 3. The van der Waals surface area contributed by atoms with Crippen LogP contribution < -0.4 is 4.90 Å². The summed E-state index contributed by atoms with van der Waals surface area (Å²) in [5.41, 5.74) is 3.22. The zero-order valence-corrected chi connectivity index (χ0v) is 20.6. The molecule has 1 atom stereocenters. The molecule has 1 aliphatic heterocycles. The van der Waals surface area contributed by atoms with Crippen LogP contribution in [-0.4, -0.2) is 15.7 Å². The lowest BCUT2D eigenvalue weighted by atomic mass is 9.98. The van der Waals surface area contributed by atoms with Gasteiger partial charge in [0.1, 0.15) is 6.17 Å². The van der Waals surface area contributed by atoms with Crippen molar-refractivity contribution in [2.24, 2.45) is 0 Å². The van der Waals surface area contributed by atoms with Gasteiger partial charge in [-0.15, -0.1) is 0 Å². The minimum atomic E-state index is -0.645. The average molecular weight is 518 g/mol. The number of amides is 1. The zero-order valence-electron chi connectivity index (χ0n) is 19.1. The van der Waals surface area contributed by atoms with E-state index in [1.807, 2.05) is 65.6 Å². The smallest absolute Gasteiger partial charge is 0.270 e. The SMILES string of the molecule is O=C1c2cc([N+](=O)[O-])ccc2N(Cc2ccccc2)[C@@H](c2c(Cl)cccc2Cl)N1Cc1ccccc1. The van der Waals surface area contributed by atoms with Crippen LogP contribution in [0.1, 0.15) is 33.2 Å². The van der Waals surface area contributed by atoms with Crippen LogP contribution in [-0.2, 0) is 13.1 Å². The molecule has 0 unspecified atom stereocenters. The van der Waals surface area contributed by atoms with Crippen LogP contribution in [0.5, 0.6) is 0 Å². The predicted octanol–water partition coefficient (Wildman–Crippen LogP) is 7.26. The van der Waals surface area contributed by atoms with Gasteiger partial charge in [0.2, 0.25) is 0 Å². The number of anilines is 1. The van der Waals surface area contributed by atoms with Crippen LogP contribution in [0.15, 0.2) is 97.1 Å². The molecule has 4 aromatic carbocycles. The Labute approximate surface area is 218 Å². The second-order valence-electron chi connectivity index (χ2n) is 8.50. The summed E-state index contributed by atoms with van der Waals surface area (Å²) in [5, 5.41) is 12.4. The van der Waals surface area contributed by atoms with Crippen molar-refractivity contribution in [3.8, 4) is 0 Å². The third-order valence-electron chi connectivity index (χ3n) is 6.23. The summed E-state index contributed by atoms with van der Waals surface area (Å²) < 4.78 is 0. The van der Waals surface area contributed by atoms with E-state index >= 15 is 0 Å². The van der Waals surface area contributed by atoms with Gasteiger partial charge < -0.3 is 9.80 Å². The van der Waals surface area contributed by atoms with Crippen molar-refractivity contribution in [3.05, 3.63) is 139 Å². The fourth-order valence-corrected chi connectivity index (χ4v) is 5.18. The van der Waals surface area contributed by atoms with Crippen LogP contribution in [0.2, 0.25) is 10.0 Å². The standard InChI is InChI=1S/C28H21Cl2N3O3/c29-23-12-7-13-24(30)26(23)27-31(17-19-8-3-1-4-9-19)25-15-14-21(33(35)36)16-22(25)28(34)32(27)18-20-10-5-2-6-11-20/h1-16,27H,17-18H2/t27-/m1/s1. The van der Waals surface area contributed by atoms with E-state index in [9.17, 15) is 14.9 Å². The number of carbonyl (C=O) groups excluding carboxylic acids is 1. The van der Waals surface area contributed by atoms with E-state index in [-0.39, 0.29) is 23.7 Å². The molecule has 0 radical (unpaired) electrons. The number of hydrogen-bond acceptors (Lipinski definition) is 4. The van der Waals surface area contributed by atoms with Gasteiger partial charge in [0, 0.05) is 40.8 Å². The number of fused-ring (bicyclic) bond motifs is 1. The molecule has 5 rings (SSSR count). The van der Waals surface area contributed by atoms with E-state index in [4.69, 9.17) is 23.2 Å². The molecule has 1 amide bonds. The number of halogens is 2. The van der Waals surface area contributed by atoms with Crippen LogP contribution in [0.3, 0.4) is 0 Å². The first-order chi connectivity index (χ1) is 17.4. The molecule has 8 heteroatoms. The van der Waals surface area contributed by atoms with Gasteiger partial charge in [-0.3, -0.25) is 14.9 Å². The topological polar surface area (TPSA) is 66.7 Å². The van der Waals surface area contributed by atoms with Gasteiger partial charge in [0.25, 0.3) is 11.6 Å².